The first kappa shape index (κ1) is 14.9. The number of likely N-dealkylation sites (tertiary alicyclic amines) is 1. The minimum atomic E-state index is -2.68. The minimum absolute atomic E-state index is 0. The molecule has 8 heteroatoms. The van der Waals surface area contributed by atoms with Crippen LogP contribution in [0.5, 0.6) is 0 Å². The van der Waals surface area contributed by atoms with Crippen molar-refractivity contribution in [2.75, 3.05) is 19.6 Å². The molecular formula is C10H18ClF2N5. The van der Waals surface area contributed by atoms with Crippen LogP contribution < -0.4 is 11.5 Å². The highest BCUT2D eigenvalue weighted by atomic mass is 35.5. The number of guanidine groups is 2. The molecule has 0 bridgehead atoms. The molecule has 104 valence electrons. The van der Waals surface area contributed by atoms with Crippen molar-refractivity contribution in [1.82, 2.24) is 4.90 Å². The van der Waals surface area contributed by atoms with Crippen LogP contribution in [0.15, 0.2) is 9.98 Å². The van der Waals surface area contributed by atoms with Gasteiger partial charge in [-0.1, -0.05) is 0 Å². The molecule has 2 rings (SSSR count). The van der Waals surface area contributed by atoms with Crippen molar-refractivity contribution in [3.63, 3.8) is 0 Å². The number of aliphatic imine (C=N–C) groups is 2. The fraction of sp³-hybridized carbons (Fsp3) is 0.800. The maximum absolute atomic E-state index is 12.9. The van der Waals surface area contributed by atoms with Gasteiger partial charge in [-0.2, -0.15) is 4.99 Å². The molecule has 1 aliphatic carbocycles. The van der Waals surface area contributed by atoms with Crippen LogP contribution in [0, 0.1) is 5.92 Å². The summed E-state index contributed by atoms with van der Waals surface area (Å²) in [6, 6.07) is 0. The summed E-state index contributed by atoms with van der Waals surface area (Å²) in [4.78, 5) is 9.22. The number of alkyl halides is 2. The zero-order chi connectivity index (χ0) is 12.5. The number of halogens is 3. The Morgan fingerprint density at radius 1 is 1.33 bits per heavy atom. The van der Waals surface area contributed by atoms with Crippen molar-refractivity contribution in [3.05, 3.63) is 0 Å². The second-order valence-corrected chi connectivity index (χ2v) is 4.64. The summed E-state index contributed by atoms with van der Waals surface area (Å²) >= 11 is 0. The van der Waals surface area contributed by atoms with E-state index in [1.807, 2.05) is 0 Å². The average Bonchev–Trinajstić information content (AvgIpc) is 2.99. The molecule has 5 nitrogen and oxygen atoms in total. The summed E-state index contributed by atoms with van der Waals surface area (Å²) in [6.07, 6.45) is 2.16. The van der Waals surface area contributed by atoms with E-state index in [1.165, 1.54) is 17.7 Å². The van der Waals surface area contributed by atoms with E-state index in [1.54, 1.807) is 0 Å². The molecule has 0 aromatic rings. The number of hydrogen-bond donors (Lipinski definition) is 2. The molecule has 0 amide bonds. The first-order chi connectivity index (χ1) is 7.96. The van der Waals surface area contributed by atoms with Crippen LogP contribution in [-0.4, -0.2) is 42.4 Å². The molecule has 0 spiro atoms. The Balaban J connectivity index is 0.00000162. The van der Waals surface area contributed by atoms with E-state index in [-0.39, 0.29) is 37.3 Å². The van der Waals surface area contributed by atoms with E-state index >= 15 is 0 Å². The fourth-order valence-corrected chi connectivity index (χ4v) is 1.68. The lowest BCUT2D eigenvalue weighted by atomic mass is 10.3. The number of hydrogen-bond acceptors (Lipinski definition) is 1. The highest BCUT2D eigenvalue weighted by Crippen LogP contribution is 2.29. The largest absolute Gasteiger partial charge is 0.369 e. The molecule has 2 fully saturated rings. The lowest BCUT2D eigenvalue weighted by molar-refractivity contribution is 0.0175. The second-order valence-electron chi connectivity index (χ2n) is 4.64. The van der Waals surface area contributed by atoms with Gasteiger partial charge in [0.15, 0.2) is 5.96 Å². The first-order valence-corrected chi connectivity index (χ1v) is 5.73. The zero-order valence-electron chi connectivity index (χ0n) is 9.98. The summed E-state index contributed by atoms with van der Waals surface area (Å²) in [6.45, 7) is 0.468. The summed E-state index contributed by atoms with van der Waals surface area (Å²) in [5.74, 6) is -1.97. The van der Waals surface area contributed by atoms with Crippen LogP contribution in [-0.2, 0) is 0 Å². The lowest BCUT2D eigenvalue weighted by Crippen LogP contribution is -2.38. The summed E-state index contributed by atoms with van der Waals surface area (Å²) in [5, 5.41) is 0. The molecule has 0 radical (unpaired) electrons. The molecule has 0 unspecified atom stereocenters. The second kappa shape index (κ2) is 5.69. The van der Waals surface area contributed by atoms with E-state index < -0.39 is 12.5 Å². The van der Waals surface area contributed by atoms with Crippen LogP contribution in [0.4, 0.5) is 8.78 Å². The van der Waals surface area contributed by atoms with Crippen molar-refractivity contribution < 1.29 is 8.78 Å². The molecule has 1 saturated carbocycles. The molecule has 0 aromatic carbocycles. The molecule has 0 atom stereocenters. The number of rotatable bonds is 2. The Morgan fingerprint density at radius 2 is 2.00 bits per heavy atom. The first-order valence-electron chi connectivity index (χ1n) is 5.73. The quantitative estimate of drug-likeness (QED) is 0.580. The third kappa shape index (κ3) is 4.29. The Hall–Kier alpha value is -1.11. The smallest absolute Gasteiger partial charge is 0.267 e. The van der Waals surface area contributed by atoms with Gasteiger partial charge in [-0.3, -0.25) is 4.99 Å². The summed E-state index contributed by atoms with van der Waals surface area (Å²) in [5.41, 5.74) is 11.2. The molecule has 18 heavy (non-hydrogen) atoms. The molecule has 0 aromatic heterocycles. The molecule has 4 N–H and O–H groups in total. The van der Waals surface area contributed by atoms with Gasteiger partial charge in [0.2, 0.25) is 5.96 Å². The highest BCUT2D eigenvalue weighted by molar-refractivity contribution is 5.93. The van der Waals surface area contributed by atoms with Gasteiger partial charge in [-0.15, -0.1) is 12.4 Å². The Kier molecular flexibility index (Phi) is 4.72. The number of nitrogens with two attached hydrogens (primary N) is 2. The van der Waals surface area contributed by atoms with E-state index in [0.29, 0.717) is 12.5 Å². The van der Waals surface area contributed by atoms with Crippen LogP contribution in [0.1, 0.15) is 19.3 Å². The molecule has 1 saturated heterocycles. The lowest BCUT2D eigenvalue weighted by Gasteiger charge is -2.16. The van der Waals surface area contributed by atoms with Crippen LogP contribution in [0.3, 0.4) is 0 Å². The van der Waals surface area contributed by atoms with Crippen molar-refractivity contribution in [2.45, 2.75) is 25.2 Å². The zero-order valence-corrected chi connectivity index (χ0v) is 10.8. The van der Waals surface area contributed by atoms with Crippen LogP contribution >= 0.6 is 12.4 Å². The summed E-state index contributed by atoms with van der Waals surface area (Å²) in [7, 11) is 0. The van der Waals surface area contributed by atoms with Gasteiger partial charge in [0, 0.05) is 19.5 Å². The van der Waals surface area contributed by atoms with Gasteiger partial charge in [-0.05, 0) is 18.8 Å². The normalized spacial score (nSPS) is 24.0. The SMILES string of the molecule is Cl.NC(=NCC1CC1)/N=C(\N)N1CCC(F)(F)C1. The van der Waals surface area contributed by atoms with Crippen molar-refractivity contribution in [3.8, 4) is 0 Å². The van der Waals surface area contributed by atoms with Crippen molar-refractivity contribution >= 4 is 24.3 Å². The van der Waals surface area contributed by atoms with E-state index in [4.69, 9.17) is 11.5 Å². The maximum Gasteiger partial charge on any atom is 0.267 e. The minimum Gasteiger partial charge on any atom is -0.369 e. The van der Waals surface area contributed by atoms with Gasteiger partial charge < -0.3 is 16.4 Å². The monoisotopic (exact) mass is 281 g/mol. The van der Waals surface area contributed by atoms with Gasteiger partial charge in [-0.25, -0.2) is 8.78 Å². The summed E-state index contributed by atoms with van der Waals surface area (Å²) < 4.78 is 25.9. The van der Waals surface area contributed by atoms with E-state index in [2.05, 4.69) is 9.98 Å². The predicted molar refractivity (Wildman–Crippen MR) is 69.2 cm³/mol. The standard InChI is InChI=1S/C10H17F2N5.ClH/c11-10(12)3-4-17(6-10)9(14)16-8(13)15-5-7-1-2-7;/h7H,1-6H2,(H4,13,14,15,16);1H. The van der Waals surface area contributed by atoms with Gasteiger partial charge in [0.05, 0.1) is 6.54 Å². The van der Waals surface area contributed by atoms with Gasteiger partial charge in [0.25, 0.3) is 5.92 Å². The van der Waals surface area contributed by atoms with Crippen LogP contribution in [0.25, 0.3) is 0 Å². The van der Waals surface area contributed by atoms with Gasteiger partial charge in [0.1, 0.15) is 0 Å². The Morgan fingerprint density at radius 3 is 2.50 bits per heavy atom. The third-order valence-corrected chi connectivity index (χ3v) is 2.93. The van der Waals surface area contributed by atoms with E-state index in [0.717, 1.165) is 0 Å². The topological polar surface area (TPSA) is 80.0 Å². The van der Waals surface area contributed by atoms with Crippen molar-refractivity contribution in [1.29, 1.82) is 0 Å². The third-order valence-electron chi connectivity index (χ3n) is 2.93. The average molecular weight is 282 g/mol. The van der Waals surface area contributed by atoms with Crippen molar-refractivity contribution in [2.24, 2.45) is 27.4 Å². The molecular weight excluding hydrogens is 264 g/mol. The Labute approximate surface area is 111 Å². The Bertz CT molecular complexity index is 354. The highest BCUT2D eigenvalue weighted by Gasteiger charge is 2.39. The number of nitrogens with zero attached hydrogens (tertiary/aromatic N) is 3. The molecule has 1 heterocycles. The molecule has 1 aliphatic heterocycles. The maximum atomic E-state index is 12.9. The van der Waals surface area contributed by atoms with E-state index in [9.17, 15) is 8.78 Å². The molecule has 2 aliphatic rings. The fourth-order valence-electron chi connectivity index (χ4n) is 1.68. The predicted octanol–water partition coefficient (Wildman–Crippen LogP) is 0.789. The van der Waals surface area contributed by atoms with Gasteiger partial charge >= 0.3 is 0 Å². The van der Waals surface area contributed by atoms with Crippen LogP contribution in [0.2, 0.25) is 0 Å².